The smallest absolute Gasteiger partial charge is 0.271 e. The molecule has 24 heavy (non-hydrogen) atoms. The number of rotatable bonds is 3. The lowest BCUT2D eigenvalue weighted by molar-refractivity contribution is 0.0923. The molecule has 0 saturated carbocycles. The van der Waals surface area contributed by atoms with Gasteiger partial charge in [-0.25, -0.2) is 9.97 Å². The number of nitrogens with zero attached hydrogens (tertiary/aromatic N) is 5. The Hall–Kier alpha value is -2.48. The van der Waals surface area contributed by atoms with Gasteiger partial charge in [0, 0.05) is 49.4 Å². The maximum absolute atomic E-state index is 12.5. The van der Waals surface area contributed by atoms with E-state index < -0.39 is 0 Å². The minimum Gasteiger partial charge on any atom is -0.346 e. The van der Waals surface area contributed by atoms with Gasteiger partial charge in [-0.2, -0.15) is 5.10 Å². The fourth-order valence-electron chi connectivity index (χ4n) is 3.01. The fraction of sp³-hybridized carbons (Fsp3) is 0.375. The fourth-order valence-corrected chi connectivity index (χ4v) is 3.78. The van der Waals surface area contributed by atoms with Crippen LogP contribution in [0.2, 0.25) is 0 Å². The summed E-state index contributed by atoms with van der Waals surface area (Å²) in [7, 11) is 1.86. The summed E-state index contributed by atoms with van der Waals surface area (Å²) in [5.74, 6) is 0.984. The molecule has 0 aliphatic carbocycles. The molecule has 1 aliphatic rings. The Morgan fingerprint density at radius 1 is 1.38 bits per heavy atom. The van der Waals surface area contributed by atoms with Crippen LogP contribution in [0.25, 0.3) is 10.6 Å². The lowest BCUT2D eigenvalue weighted by Crippen LogP contribution is -2.41. The van der Waals surface area contributed by atoms with Gasteiger partial charge >= 0.3 is 0 Å². The summed E-state index contributed by atoms with van der Waals surface area (Å²) in [5, 5.41) is 9.84. The molecule has 8 heteroatoms. The average Bonchev–Trinajstić information content (AvgIpc) is 3.24. The van der Waals surface area contributed by atoms with Gasteiger partial charge in [0.25, 0.3) is 5.91 Å². The number of amides is 1. The molecule has 1 amide bonds. The molecule has 1 aliphatic heterocycles. The number of hydrogen-bond acceptors (Lipinski definition) is 5. The van der Waals surface area contributed by atoms with Crippen LogP contribution in [0, 0.1) is 6.92 Å². The first-order valence-electron chi connectivity index (χ1n) is 7.86. The quantitative estimate of drug-likeness (QED) is 0.787. The van der Waals surface area contributed by atoms with Crippen molar-refractivity contribution in [1.82, 2.24) is 29.6 Å². The van der Waals surface area contributed by atoms with Crippen LogP contribution in [0.15, 0.2) is 24.0 Å². The van der Waals surface area contributed by atoms with Gasteiger partial charge in [0.1, 0.15) is 16.5 Å². The van der Waals surface area contributed by atoms with Crippen molar-refractivity contribution >= 4 is 17.2 Å². The molecule has 0 fully saturated rings. The van der Waals surface area contributed by atoms with Crippen LogP contribution in [-0.2, 0) is 20.0 Å². The highest BCUT2D eigenvalue weighted by atomic mass is 32.1. The zero-order valence-corrected chi connectivity index (χ0v) is 14.4. The van der Waals surface area contributed by atoms with Crippen molar-refractivity contribution < 1.29 is 4.79 Å². The van der Waals surface area contributed by atoms with Gasteiger partial charge in [-0.1, -0.05) is 0 Å². The summed E-state index contributed by atoms with van der Waals surface area (Å²) in [6.07, 6.45) is 7.48. The summed E-state index contributed by atoms with van der Waals surface area (Å²) < 4.78 is 3.86. The lowest BCUT2D eigenvalue weighted by atomic mass is 10.1. The van der Waals surface area contributed by atoms with E-state index in [-0.39, 0.29) is 11.9 Å². The summed E-state index contributed by atoms with van der Waals surface area (Å²) in [6, 6.07) is 0.113. The Balaban J connectivity index is 1.44. The van der Waals surface area contributed by atoms with Crippen LogP contribution < -0.4 is 5.32 Å². The first-order chi connectivity index (χ1) is 11.6. The second-order valence-electron chi connectivity index (χ2n) is 6.10. The Morgan fingerprint density at radius 2 is 2.25 bits per heavy atom. The first kappa shape index (κ1) is 15.1. The normalized spacial score (nSPS) is 16.8. The van der Waals surface area contributed by atoms with E-state index >= 15 is 0 Å². The topological polar surface area (TPSA) is 77.6 Å². The van der Waals surface area contributed by atoms with Crippen molar-refractivity contribution in [3.8, 4) is 10.6 Å². The monoisotopic (exact) mass is 342 g/mol. The van der Waals surface area contributed by atoms with Gasteiger partial charge in [0.2, 0.25) is 0 Å². The predicted octanol–water partition coefficient (Wildman–Crippen LogP) is 1.79. The lowest BCUT2D eigenvalue weighted by Gasteiger charge is -2.24. The number of thiazole rings is 1. The van der Waals surface area contributed by atoms with Crippen molar-refractivity contribution in [3.05, 3.63) is 41.2 Å². The highest BCUT2D eigenvalue weighted by Crippen LogP contribution is 2.23. The Labute approximate surface area is 143 Å². The minimum atomic E-state index is -0.119. The number of carbonyl (C=O) groups is 1. The molecule has 0 spiro atoms. The minimum absolute atomic E-state index is 0.113. The third kappa shape index (κ3) is 2.84. The molecular formula is C16H18N6OS. The van der Waals surface area contributed by atoms with Crippen molar-refractivity contribution in [1.29, 1.82) is 0 Å². The molecule has 1 N–H and O–H groups in total. The molecule has 3 aromatic heterocycles. The number of carbonyl (C=O) groups excluding carboxylic acids is 1. The van der Waals surface area contributed by atoms with Gasteiger partial charge in [0.15, 0.2) is 0 Å². The Morgan fingerprint density at radius 3 is 3.04 bits per heavy atom. The molecule has 1 unspecified atom stereocenters. The van der Waals surface area contributed by atoms with Crippen molar-refractivity contribution in [2.75, 3.05) is 0 Å². The zero-order valence-electron chi connectivity index (χ0n) is 13.6. The number of imidazole rings is 1. The molecule has 124 valence electrons. The number of aryl methyl sites for hydroxylation is 3. The Bertz CT molecular complexity index is 892. The maximum atomic E-state index is 12.5. The van der Waals surface area contributed by atoms with Crippen molar-refractivity contribution in [2.45, 2.75) is 32.4 Å². The SMILES string of the molecule is Cc1cn2c(n1)CCC(NC(=O)c1csc(-c3cnn(C)c3)n1)C2. The van der Waals surface area contributed by atoms with E-state index in [4.69, 9.17) is 0 Å². The number of nitrogens with one attached hydrogen (secondary N) is 1. The maximum Gasteiger partial charge on any atom is 0.271 e. The van der Waals surface area contributed by atoms with Gasteiger partial charge in [-0.05, 0) is 13.3 Å². The number of hydrogen-bond donors (Lipinski definition) is 1. The third-order valence-corrected chi connectivity index (χ3v) is 5.03. The summed E-state index contributed by atoms with van der Waals surface area (Å²) >= 11 is 1.46. The van der Waals surface area contributed by atoms with Crippen molar-refractivity contribution in [3.63, 3.8) is 0 Å². The van der Waals surface area contributed by atoms with E-state index in [1.165, 1.54) is 11.3 Å². The number of fused-ring (bicyclic) bond motifs is 1. The van der Waals surface area contributed by atoms with Crippen LogP contribution in [-0.4, -0.2) is 36.3 Å². The van der Waals surface area contributed by atoms with Crippen LogP contribution >= 0.6 is 11.3 Å². The van der Waals surface area contributed by atoms with Crippen molar-refractivity contribution in [2.24, 2.45) is 7.05 Å². The third-order valence-electron chi connectivity index (χ3n) is 4.14. The molecule has 4 rings (SSSR count). The van der Waals surface area contributed by atoms with Gasteiger partial charge in [0.05, 0.1) is 11.9 Å². The van der Waals surface area contributed by atoms with E-state index in [2.05, 4.69) is 25.0 Å². The standard InChI is InChI=1S/C16H18N6OS/c1-10-6-22-8-12(3-4-14(22)18-10)19-15(23)13-9-24-16(20-13)11-5-17-21(2)7-11/h5-7,9,12H,3-4,8H2,1-2H3,(H,19,23). The molecule has 0 bridgehead atoms. The van der Waals surface area contributed by atoms with Crippen LogP contribution in [0.4, 0.5) is 0 Å². The van der Waals surface area contributed by atoms with Gasteiger partial charge in [-0.3, -0.25) is 9.48 Å². The average molecular weight is 342 g/mol. The second kappa shape index (κ2) is 5.86. The highest BCUT2D eigenvalue weighted by Gasteiger charge is 2.22. The zero-order chi connectivity index (χ0) is 16.7. The van der Waals surface area contributed by atoms with E-state index in [9.17, 15) is 4.79 Å². The predicted molar refractivity (Wildman–Crippen MR) is 90.9 cm³/mol. The van der Waals surface area contributed by atoms with E-state index in [1.807, 2.05) is 26.4 Å². The van der Waals surface area contributed by atoms with Crippen LogP contribution in [0.5, 0.6) is 0 Å². The summed E-state index contributed by atoms with van der Waals surface area (Å²) in [6.45, 7) is 2.76. The summed E-state index contributed by atoms with van der Waals surface area (Å²) in [4.78, 5) is 21.4. The molecule has 1 atom stereocenters. The molecule has 0 radical (unpaired) electrons. The van der Waals surface area contributed by atoms with E-state index in [0.29, 0.717) is 5.69 Å². The molecule has 3 aromatic rings. The Kier molecular flexibility index (Phi) is 3.68. The molecule has 7 nitrogen and oxygen atoms in total. The summed E-state index contributed by atoms with van der Waals surface area (Å²) in [5.41, 5.74) is 2.42. The van der Waals surface area contributed by atoms with Crippen LogP contribution in [0.1, 0.15) is 28.4 Å². The first-order valence-corrected chi connectivity index (χ1v) is 8.74. The van der Waals surface area contributed by atoms with Gasteiger partial charge in [-0.15, -0.1) is 11.3 Å². The highest BCUT2D eigenvalue weighted by molar-refractivity contribution is 7.13. The van der Waals surface area contributed by atoms with E-state index in [1.54, 1.807) is 16.3 Å². The van der Waals surface area contributed by atoms with Gasteiger partial charge < -0.3 is 9.88 Å². The van der Waals surface area contributed by atoms with E-state index in [0.717, 1.165) is 41.5 Å². The largest absolute Gasteiger partial charge is 0.346 e. The molecule has 4 heterocycles. The molecule has 0 saturated heterocycles. The molecular weight excluding hydrogens is 324 g/mol. The number of aromatic nitrogens is 5. The van der Waals surface area contributed by atoms with Crippen LogP contribution in [0.3, 0.4) is 0 Å². The molecule has 0 aromatic carbocycles. The second-order valence-corrected chi connectivity index (χ2v) is 6.96.